The second-order valence-electron chi connectivity index (χ2n) is 5.75. The number of rotatable bonds is 3. The molecule has 110 valence electrons. The van der Waals surface area contributed by atoms with Crippen molar-refractivity contribution in [2.24, 2.45) is 5.73 Å². The summed E-state index contributed by atoms with van der Waals surface area (Å²) in [6.07, 6.45) is 1.02. The monoisotopic (exact) mass is 289 g/mol. The molecule has 4 rings (SSSR count). The van der Waals surface area contributed by atoms with Crippen molar-refractivity contribution in [3.8, 4) is 0 Å². The topological polar surface area (TPSA) is 50.9 Å². The van der Waals surface area contributed by atoms with Crippen LogP contribution in [0, 0.1) is 0 Å². The zero-order chi connectivity index (χ0) is 14.9. The maximum atomic E-state index is 6.18. The summed E-state index contributed by atoms with van der Waals surface area (Å²) in [6.45, 7) is 1.56. The fourth-order valence-corrected chi connectivity index (χ4v) is 3.49. The van der Waals surface area contributed by atoms with Crippen LogP contribution in [0.3, 0.4) is 0 Å². The summed E-state index contributed by atoms with van der Waals surface area (Å²) in [7, 11) is 0. The van der Waals surface area contributed by atoms with Gasteiger partial charge in [-0.05, 0) is 23.6 Å². The van der Waals surface area contributed by atoms with Gasteiger partial charge in [0.15, 0.2) is 0 Å². The Morgan fingerprint density at radius 2 is 1.82 bits per heavy atom. The first kappa shape index (κ1) is 13.3. The minimum atomic E-state index is 0.211. The predicted molar refractivity (Wildman–Crippen MR) is 91.3 cm³/mol. The molecule has 0 aliphatic carbocycles. The van der Waals surface area contributed by atoms with Gasteiger partial charge in [-0.3, -0.25) is 0 Å². The molecule has 0 saturated heterocycles. The van der Waals surface area contributed by atoms with Crippen molar-refractivity contribution in [3.05, 3.63) is 71.3 Å². The molecule has 1 unspecified atom stereocenters. The van der Waals surface area contributed by atoms with Gasteiger partial charge in [-0.1, -0.05) is 48.5 Å². The highest BCUT2D eigenvalue weighted by Crippen LogP contribution is 2.37. The third kappa shape index (κ3) is 2.06. The summed E-state index contributed by atoms with van der Waals surface area (Å²) in [6, 6.07) is 18.9. The Labute approximate surface area is 130 Å². The van der Waals surface area contributed by atoms with E-state index in [1.807, 2.05) is 12.1 Å². The molecule has 0 bridgehead atoms. The number of benzene rings is 2. The molecule has 0 amide bonds. The van der Waals surface area contributed by atoms with Gasteiger partial charge in [-0.2, -0.15) is 0 Å². The molecule has 1 aromatic heterocycles. The van der Waals surface area contributed by atoms with Crippen LogP contribution in [0.15, 0.2) is 54.6 Å². The number of hydrogen-bond acceptors (Lipinski definition) is 3. The number of nitrogens with two attached hydrogens (primary N) is 1. The van der Waals surface area contributed by atoms with E-state index in [9.17, 15) is 0 Å². The molecule has 3 heteroatoms. The summed E-state index contributed by atoms with van der Waals surface area (Å²) >= 11 is 0. The molecule has 1 aliphatic heterocycles. The third-order valence-electron chi connectivity index (χ3n) is 4.49. The van der Waals surface area contributed by atoms with Crippen molar-refractivity contribution in [3.63, 3.8) is 0 Å². The molecular formula is C19H19N3. The maximum Gasteiger partial charge on any atom is 0.130 e. The van der Waals surface area contributed by atoms with Crippen molar-refractivity contribution in [1.82, 2.24) is 4.98 Å². The lowest BCUT2D eigenvalue weighted by molar-refractivity contribution is 0.814. The van der Waals surface area contributed by atoms with Gasteiger partial charge in [-0.15, -0.1) is 0 Å². The second kappa shape index (κ2) is 5.43. The molecule has 3 aromatic rings. The Morgan fingerprint density at radius 3 is 2.64 bits per heavy atom. The van der Waals surface area contributed by atoms with Crippen LogP contribution in [0.5, 0.6) is 0 Å². The molecule has 0 fully saturated rings. The van der Waals surface area contributed by atoms with Gasteiger partial charge in [-0.25, -0.2) is 4.98 Å². The van der Waals surface area contributed by atoms with E-state index >= 15 is 0 Å². The van der Waals surface area contributed by atoms with E-state index in [4.69, 9.17) is 10.7 Å². The van der Waals surface area contributed by atoms with Crippen LogP contribution in [0.1, 0.15) is 22.6 Å². The number of fused-ring (bicyclic) bond motifs is 2. The summed E-state index contributed by atoms with van der Waals surface area (Å²) in [4.78, 5) is 4.77. The van der Waals surface area contributed by atoms with Crippen molar-refractivity contribution in [2.45, 2.75) is 12.3 Å². The van der Waals surface area contributed by atoms with Gasteiger partial charge < -0.3 is 11.1 Å². The molecule has 0 saturated carbocycles. The van der Waals surface area contributed by atoms with E-state index in [1.54, 1.807) is 0 Å². The lowest BCUT2D eigenvalue weighted by Gasteiger charge is -2.21. The van der Waals surface area contributed by atoms with E-state index in [1.165, 1.54) is 22.1 Å². The van der Waals surface area contributed by atoms with Crippen LogP contribution in [0.2, 0.25) is 0 Å². The highest BCUT2D eigenvalue weighted by Gasteiger charge is 2.24. The molecule has 0 radical (unpaired) electrons. The van der Waals surface area contributed by atoms with Crippen molar-refractivity contribution in [1.29, 1.82) is 0 Å². The number of pyridine rings is 1. The lowest BCUT2D eigenvalue weighted by Crippen LogP contribution is -2.16. The van der Waals surface area contributed by atoms with E-state index in [2.05, 4.69) is 47.8 Å². The van der Waals surface area contributed by atoms with Crippen LogP contribution < -0.4 is 11.1 Å². The van der Waals surface area contributed by atoms with Gasteiger partial charge in [0, 0.05) is 30.0 Å². The SMILES string of the molecule is NCC(c1ccccc1)c1c2c(nc3ccccc13)NCC2. The van der Waals surface area contributed by atoms with Crippen molar-refractivity contribution in [2.75, 3.05) is 18.4 Å². The quantitative estimate of drug-likeness (QED) is 0.778. The lowest BCUT2D eigenvalue weighted by atomic mass is 9.85. The normalized spacial score (nSPS) is 14.6. The fraction of sp³-hybridized carbons (Fsp3) is 0.211. The highest BCUT2D eigenvalue weighted by molar-refractivity contribution is 5.87. The maximum absolute atomic E-state index is 6.18. The number of aromatic nitrogens is 1. The van der Waals surface area contributed by atoms with Gasteiger partial charge in [0.25, 0.3) is 0 Å². The van der Waals surface area contributed by atoms with Crippen LogP contribution >= 0.6 is 0 Å². The van der Waals surface area contributed by atoms with E-state index in [0.29, 0.717) is 6.54 Å². The fourth-order valence-electron chi connectivity index (χ4n) is 3.49. The second-order valence-corrected chi connectivity index (χ2v) is 5.75. The molecule has 3 nitrogen and oxygen atoms in total. The minimum Gasteiger partial charge on any atom is -0.369 e. The Bertz CT molecular complexity index is 812. The molecular weight excluding hydrogens is 270 g/mol. The van der Waals surface area contributed by atoms with Gasteiger partial charge >= 0.3 is 0 Å². The number of anilines is 1. The van der Waals surface area contributed by atoms with Gasteiger partial charge in [0.05, 0.1) is 5.52 Å². The van der Waals surface area contributed by atoms with E-state index in [0.717, 1.165) is 24.3 Å². The Balaban J connectivity index is 2.00. The van der Waals surface area contributed by atoms with Crippen LogP contribution in [0.25, 0.3) is 10.9 Å². The largest absolute Gasteiger partial charge is 0.369 e. The standard InChI is InChI=1S/C19H19N3/c20-12-16(13-6-2-1-3-7-13)18-14-8-4-5-9-17(14)22-19-15(18)10-11-21-19/h1-9,16H,10-12,20H2,(H,21,22). The Morgan fingerprint density at radius 1 is 1.05 bits per heavy atom. The van der Waals surface area contributed by atoms with Crippen LogP contribution in [-0.4, -0.2) is 18.1 Å². The summed E-state index contributed by atoms with van der Waals surface area (Å²) < 4.78 is 0. The Kier molecular flexibility index (Phi) is 3.28. The highest BCUT2D eigenvalue weighted by atomic mass is 15.0. The summed E-state index contributed by atoms with van der Waals surface area (Å²) in [5, 5.41) is 4.64. The first-order valence-corrected chi connectivity index (χ1v) is 7.79. The van der Waals surface area contributed by atoms with Crippen LogP contribution in [0.4, 0.5) is 5.82 Å². The summed E-state index contributed by atoms with van der Waals surface area (Å²) in [5.74, 6) is 1.24. The van der Waals surface area contributed by atoms with Gasteiger partial charge in [0.1, 0.15) is 5.82 Å². The number of para-hydroxylation sites is 1. The Hall–Kier alpha value is -2.39. The van der Waals surface area contributed by atoms with Crippen molar-refractivity contribution < 1.29 is 0 Å². The summed E-state index contributed by atoms with van der Waals surface area (Å²) in [5.41, 5.74) is 11.2. The first-order valence-electron chi connectivity index (χ1n) is 7.79. The molecule has 2 heterocycles. The molecule has 22 heavy (non-hydrogen) atoms. The molecule has 1 aliphatic rings. The minimum absolute atomic E-state index is 0.211. The predicted octanol–water partition coefficient (Wildman–Crippen LogP) is 3.29. The third-order valence-corrected chi connectivity index (χ3v) is 4.49. The molecule has 2 aromatic carbocycles. The van der Waals surface area contributed by atoms with E-state index < -0.39 is 0 Å². The first-order chi connectivity index (χ1) is 10.9. The number of hydrogen-bond donors (Lipinski definition) is 2. The number of nitrogens with one attached hydrogen (secondary N) is 1. The average molecular weight is 289 g/mol. The number of nitrogens with zero attached hydrogens (tertiary/aromatic N) is 1. The average Bonchev–Trinajstić information content (AvgIpc) is 3.04. The molecule has 3 N–H and O–H groups in total. The van der Waals surface area contributed by atoms with Gasteiger partial charge in [0.2, 0.25) is 0 Å². The smallest absolute Gasteiger partial charge is 0.130 e. The van der Waals surface area contributed by atoms with Crippen molar-refractivity contribution >= 4 is 16.7 Å². The molecule has 1 atom stereocenters. The zero-order valence-corrected chi connectivity index (χ0v) is 12.4. The zero-order valence-electron chi connectivity index (χ0n) is 12.4. The van der Waals surface area contributed by atoms with E-state index in [-0.39, 0.29) is 5.92 Å². The van der Waals surface area contributed by atoms with Crippen LogP contribution in [-0.2, 0) is 6.42 Å². The molecule has 0 spiro atoms.